The van der Waals surface area contributed by atoms with E-state index in [4.69, 9.17) is 14.3 Å². The highest BCUT2D eigenvalue weighted by atomic mass is 16.6. The van der Waals surface area contributed by atoms with Crippen molar-refractivity contribution in [2.75, 3.05) is 7.11 Å². The third kappa shape index (κ3) is 4.48. The summed E-state index contributed by atoms with van der Waals surface area (Å²) >= 11 is 0. The lowest BCUT2D eigenvalue weighted by Crippen LogP contribution is -2.56. The Bertz CT molecular complexity index is 1250. The summed E-state index contributed by atoms with van der Waals surface area (Å²) in [7, 11) is 1.62. The van der Waals surface area contributed by atoms with Crippen LogP contribution in [0.3, 0.4) is 0 Å². The van der Waals surface area contributed by atoms with Gasteiger partial charge in [0.05, 0.1) is 5.71 Å². The highest BCUT2D eigenvalue weighted by Crippen LogP contribution is 2.87. The fourth-order valence-electron chi connectivity index (χ4n) is 11.3. The molecule has 5 rings (SSSR count). The van der Waals surface area contributed by atoms with Gasteiger partial charge in [-0.05, 0) is 96.0 Å². The topological polar surface area (TPSA) is 91.3 Å². The first kappa shape index (κ1) is 32.0. The van der Waals surface area contributed by atoms with Gasteiger partial charge in [0, 0.05) is 31.6 Å². The molecule has 12 atom stereocenters. The molecule has 238 valence electrons. The Kier molecular flexibility index (Phi) is 8.08. The van der Waals surface area contributed by atoms with Crippen molar-refractivity contribution >= 4 is 23.4 Å². The highest BCUT2D eigenvalue weighted by molar-refractivity contribution is 6.00. The number of fused-ring (bicyclic) bond motifs is 2. The number of hydrogen-bond donors (Lipinski definition) is 0. The summed E-state index contributed by atoms with van der Waals surface area (Å²) in [6, 6.07) is 0. The second-order valence-electron chi connectivity index (χ2n) is 15.2. The van der Waals surface area contributed by atoms with Gasteiger partial charge in [0.25, 0.3) is 0 Å². The molecule has 0 aliphatic heterocycles. The Balaban J connectivity index is 1.53. The number of carbonyl (C=O) groups is 3. The van der Waals surface area contributed by atoms with Gasteiger partial charge < -0.3 is 14.3 Å². The van der Waals surface area contributed by atoms with E-state index < -0.39 is 12.1 Å². The molecule has 0 bridgehead atoms. The smallest absolute Gasteiger partial charge is 0.303 e. The van der Waals surface area contributed by atoms with E-state index in [1.165, 1.54) is 20.3 Å². The average molecular weight is 596 g/mol. The van der Waals surface area contributed by atoms with Crippen LogP contribution in [0, 0.1) is 57.2 Å². The fourth-order valence-corrected chi connectivity index (χ4v) is 11.3. The molecular weight excluding hydrogens is 542 g/mol. The predicted molar refractivity (Wildman–Crippen MR) is 166 cm³/mol. The summed E-state index contributed by atoms with van der Waals surface area (Å²) in [4.78, 5) is 44.0. The molecule has 0 amide bonds. The van der Waals surface area contributed by atoms with Crippen molar-refractivity contribution in [3.8, 4) is 0 Å². The molecule has 7 heteroatoms. The molecule has 0 radical (unpaired) electrons. The van der Waals surface area contributed by atoms with E-state index in [2.05, 4.69) is 44.7 Å². The Labute approximate surface area is 258 Å². The van der Waals surface area contributed by atoms with Crippen molar-refractivity contribution in [3.05, 3.63) is 24.3 Å². The molecular formula is C36H53NO6. The minimum Gasteiger partial charge on any atom is -0.462 e. The maximum absolute atomic E-state index is 13.9. The molecule has 0 aromatic rings. The molecule has 0 aromatic heterocycles. The lowest BCUT2D eigenvalue weighted by atomic mass is 9.43. The van der Waals surface area contributed by atoms with Crippen molar-refractivity contribution < 1.29 is 28.7 Å². The van der Waals surface area contributed by atoms with Crippen LogP contribution in [0.15, 0.2) is 29.5 Å². The first-order valence-corrected chi connectivity index (χ1v) is 16.5. The average Bonchev–Trinajstić information content (AvgIpc) is 3.55. The summed E-state index contributed by atoms with van der Waals surface area (Å²) in [5, 5.41) is 4.34. The fraction of sp³-hybridized carbons (Fsp3) is 0.778. The summed E-state index contributed by atoms with van der Waals surface area (Å²) < 4.78 is 12.0. The molecule has 5 aliphatic carbocycles. The van der Waals surface area contributed by atoms with Gasteiger partial charge in [0.15, 0.2) is 11.9 Å². The minimum atomic E-state index is -0.958. The third-order valence-corrected chi connectivity index (χ3v) is 13.7. The summed E-state index contributed by atoms with van der Waals surface area (Å²) in [6.45, 7) is 20.1. The Morgan fingerprint density at radius 2 is 1.79 bits per heavy atom. The number of nitrogens with zero attached hydrogens (tertiary/aromatic N) is 1. The number of allylic oxidation sites excluding steroid dienone is 2. The van der Waals surface area contributed by atoms with Crippen LogP contribution in [-0.4, -0.2) is 42.8 Å². The molecule has 2 spiro atoms. The molecule has 4 fully saturated rings. The first-order valence-electron chi connectivity index (χ1n) is 16.5. The van der Waals surface area contributed by atoms with E-state index in [0.717, 1.165) is 44.2 Å². The Morgan fingerprint density at radius 3 is 2.40 bits per heavy atom. The number of hydrogen-bond acceptors (Lipinski definition) is 7. The summed E-state index contributed by atoms with van der Waals surface area (Å²) in [5.74, 6) is -0.0996. The molecule has 0 heterocycles. The molecule has 0 aromatic carbocycles. The van der Waals surface area contributed by atoms with Crippen LogP contribution >= 0.6 is 0 Å². The monoisotopic (exact) mass is 595 g/mol. The predicted octanol–water partition coefficient (Wildman–Crippen LogP) is 7.09. The Hall–Kier alpha value is -2.44. The number of carbonyl (C=O) groups excluding carboxylic acids is 3. The number of esters is 2. The standard InChI is InChI=1S/C36H53NO6/c1-11-20(2)21(3)31(40)32(43-25(7)39)23(5)30-28(42-24(6)38)18-34(9)29-13-12-26-22(4)27(37-41-10)14-15-35(26)19-36(29,35)17-16-33(30,34)8/h14-15,20,22-23,26,28-30,32H,3,11-13,16-19H2,1-2,4-10H3/b37-27+/t20-,22-,23-,26-,28-,29-,30-,32+,33+,34-,35+,36-/m0/s1. The van der Waals surface area contributed by atoms with Crippen LogP contribution in [0.5, 0.6) is 0 Å². The van der Waals surface area contributed by atoms with Gasteiger partial charge in [-0.2, -0.15) is 0 Å². The summed E-state index contributed by atoms with van der Waals surface area (Å²) in [5.41, 5.74) is 1.62. The molecule has 0 saturated heterocycles. The molecule has 4 saturated carbocycles. The minimum absolute atomic E-state index is 0.0115. The molecule has 5 aliphatic rings. The normalized spacial score (nSPS) is 43.7. The number of ether oxygens (including phenoxy) is 2. The number of ketones is 1. The molecule has 0 N–H and O–H groups in total. The van der Waals surface area contributed by atoms with Crippen LogP contribution in [-0.2, 0) is 28.7 Å². The highest BCUT2D eigenvalue weighted by Gasteiger charge is 2.81. The van der Waals surface area contributed by atoms with E-state index in [-0.39, 0.29) is 57.3 Å². The zero-order valence-corrected chi connectivity index (χ0v) is 27.8. The second kappa shape index (κ2) is 10.9. The van der Waals surface area contributed by atoms with E-state index in [1.54, 1.807) is 7.11 Å². The summed E-state index contributed by atoms with van der Waals surface area (Å²) in [6.07, 6.45) is 10.4. The first-order chi connectivity index (χ1) is 20.1. The SMILES string of the molecule is C=C(C(=O)[C@H](OC(C)=O)[C@@H](C)[C@H]1[C@@H](OC(C)=O)C[C@@]2(C)[C@@H]3CC[C@H]4[C@H](C)/C(=N/OC)C=C[C@@]45C[C@@]35CC[C@]12C)[C@@H](C)CC. The Morgan fingerprint density at radius 1 is 1.09 bits per heavy atom. The second-order valence-corrected chi connectivity index (χ2v) is 15.2. The van der Waals surface area contributed by atoms with Gasteiger partial charge in [0.1, 0.15) is 13.2 Å². The van der Waals surface area contributed by atoms with Gasteiger partial charge in [0.2, 0.25) is 0 Å². The van der Waals surface area contributed by atoms with Crippen molar-refractivity contribution in [3.63, 3.8) is 0 Å². The third-order valence-electron chi connectivity index (χ3n) is 13.7. The molecule has 43 heavy (non-hydrogen) atoms. The number of rotatable bonds is 9. The van der Waals surface area contributed by atoms with Crippen LogP contribution < -0.4 is 0 Å². The van der Waals surface area contributed by atoms with Gasteiger partial charge in [-0.25, -0.2) is 0 Å². The van der Waals surface area contributed by atoms with E-state index in [0.29, 0.717) is 23.3 Å². The number of oxime groups is 1. The van der Waals surface area contributed by atoms with Crippen LogP contribution in [0.2, 0.25) is 0 Å². The van der Waals surface area contributed by atoms with Crippen LogP contribution in [0.1, 0.15) is 100 Å². The zero-order valence-electron chi connectivity index (χ0n) is 27.8. The zero-order chi connectivity index (χ0) is 31.7. The molecule has 7 nitrogen and oxygen atoms in total. The van der Waals surface area contributed by atoms with Gasteiger partial charge in [-0.15, -0.1) is 0 Å². The number of Topliss-reactive ketones (excluding diaryl/α,β-unsaturated/α-hetero) is 1. The van der Waals surface area contributed by atoms with E-state index in [9.17, 15) is 14.4 Å². The maximum atomic E-state index is 13.9. The van der Waals surface area contributed by atoms with E-state index in [1.807, 2.05) is 20.8 Å². The van der Waals surface area contributed by atoms with Crippen molar-refractivity contribution in [1.29, 1.82) is 0 Å². The lowest BCUT2D eigenvalue weighted by molar-refractivity contribution is -0.166. The van der Waals surface area contributed by atoms with Crippen molar-refractivity contribution in [1.82, 2.24) is 0 Å². The quantitative estimate of drug-likeness (QED) is 0.161. The van der Waals surface area contributed by atoms with Crippen LogP contribution in [0.4, 0.5) is 0 Å². The van der Waals surface area contributed by atoms with Crippen LogP contribution in [0.25, 0.3) is 0 Å². The largest absolute Gasteiger partial charge is 0.462 e. The molecule has 0 unspecified atom stereocenters. The van der Waals surface area contributed by atoms with Crippen molar-refractivity contribution in [2.45, 2.75) is 113 Å². The van der Waals surface area contributed by atoms with Crippen molar-refractivity contribution in [2.24, 2.45) is 62.3 Å². The van der Waals surface area contributed by atoms with E-state index >= 15 is 0 Å². The maximum Gasteiger partial charge on any atom is 0.303 e. The van der Waals surface area contributed by atoms with Gasteiger partial charge >= 0.3 is 11.9 Å². The van der Waals surface area contributed by atoms with Gasteiger partial charge in [-0.3, -0.25) is 14.4 Å². The lowest BCUT2D eigenvalue weighted by Gasteiger charge is -2.61. The van der Waals surface area contributed by atoms with Gasteiger partial charge in [-0.1, -0.05) is 59.4 Å².